The molecule has 0 aliphatic rings. The lowest BCUT2D eigenvalue weighted by Gasteiger charge is -2.22. The highest BCUT2D eigenvalue weighted by atomic mass is 16.4. The fourth-order valence-electron chi connectivity index (χ4n) is 2.11. The molecule has 19 heavy (non-hydrogen) atoms. The molecule has 0 aliphatic heterocycles. The predicted octanol–water partition coefficient (Wildman–Crippen LogP) is 1.61. The van der Waals surface area contributed by atoms with Gasteiger partial charge >= 0.3 is 5.97 Å². The van der Waals surface area contributed by atoms with Crippen LogP contribution in [0.25, 0.3) is 0 Å². The number of nitrogens with one attached hydrogen (secondary N) is 1. The first-order chi connectivity index (χ1) is 8.81. The number of carboxylic acid groups (broad SMARTS) is 1. The van der Waals surface area contributed by atoms with Crippen molar-refractivity contribution in [1.29, 1.82) is 0 Å². The minimum atomic E-state index is -0.976. The lowest BCUT2D eigenvalue weighted by Crippen LogP contribution is -2.45. The van der Waals surface area contributed by atoms with Crippen molar-refractivity contribution >= 4 is 11.9 Å². The summed E-state index contributed by atoms with van der Waals surface area (Å²) in [4.78, 5) is 23.0. The number of rotatable bonds is 9. The highest BCUT2D eigenvalue weighted by molar-refractivity contribution is 5.83. The summed E-state index contributed by atoms with van der Waals surface area (Å²) in [5, 5.41) is 11.7. The van der Waals surface area contributed by atoms with E-state index >= 15 is 0 Å². The maximum atomic E-state index is 11.9. The van der Waals surface area contributed by atoms with Gasteiger partial charge in [0.1, 0.15) is 6.04 Å². The van der Waals surface area contributed by atoms with Crippen LogP contribution in [0.2, 0.25) is 0 Å². The summed E-state index contributed by atoms with van der Waals surface area (Å²) in [5.74, 6) is -0.680. The lowest BCUT2D eigenvalue weighted by molar-refractivity contribution is -0.143. The number of nitrogens with two attached hydrogens (primary N) is 1. The molecule has 0 fully saturated rings. The van der Waals surface area contributed by atoms with Crippen molar-refractivity contribution in [2.24, 2.45) is 23.5 Å². The zero-order valence-electron chi connectivity index (χ0n) is 12.5. The smallest absolute Gasteiger partial charge is 0.326 e. The Morgan fingerprint density at radius 3 is 2.21 bits per heavy atom. The fourth-order valence-corrected chi connectivity index (χ4v) is 2.11. The fraction of sp³-hybridized carbons (Fsp3) is 0.857. The standard InChI is InChI=1S/C14H28N2O3/c1-5-10(4)13(14(18)19)16-12(17)7-11(8-15)6-9(2)3/h9-11,13H,5-8,15H2,1-4H3,(H,16,17)(H,18,19)/t10?,11?,13-/m0/s1. The van der Waals surface area contributed by atoms with E-state index in [1.54, 1.807) is 0 Å². The van der Waals surface area contributed by atoms with Crippen molar-refractivity contribution in [2.75, 3.05) is 6.54 Å². The van der Waals surface area contributed by atoms with Gasteiger partial charge < -0.3 is 16.2 Å². The monoisotopic (exact) mass is 272 g/mol. The first kappa shape index (κ1) is 17.9. The van der Waals surface area contributed by atoms with Crippen LogP contribution in [0.1, 0.15) is 47.0 Å². The van der Waals surface area contributed by atoms with E-state index in [9.17, 15) is 9.59 Å². The normalized spacial score (nSPS) is 15.9. The summed E-state index contributed by atoms with van der Waals surface area (Å²) < 4.78 is 0. The molecular weight excluding hydrogens is 244 g/mol. The molecule has 5 heteroatoms. The summed E-state index contributed by atoms with van der Waals surface area (Å²) in [6.45, 7) is 8.36. The van der Waals surface area contributed by atoms with Gasteiger partial charge in [0.15, 0.2) is 0 Å². The molecule has 5 nitrogen and oxygen atoms in total. The van der Waals surface area contributed by atoms with Crippen molar-refractivity contribution < 1.29 is 14.7 Å². The number of hydrogen-bond donors (Lipinski definition) is 3. The molecule has 0 spiro atoms. The van der Waals surface area contributed by atoms with Crippen LogP contribution < -0.4 is 11.1 Å². The van der Waals surface area contributed by atoms with Crippen LogP contribution in [0.5, 0.6) is 0 Å². The maximum Gasteiger partial charge on any atom is 0.326 e. The Kier molecular flexibility index (Phi) is 8.39. The van der Waals surface area contributed by atoms with Crippen LogP contribution in [0.4, 0.5) is 0 Å². The molecule has 0 aliphatic carbocycles. The van der Waals surface area contributed by atoms with Crippen molar-refractivity contribution in [3.63, 3.8) is 0 Å². The van der Waals surface area contributed by atoms with E-state index in [0.29, 0.717) is 25.3 Å². The van der Waals surface area contributed by atoms with E-state index in [1.807, 2.05) is 13.8 Å². The summed E-state index contributed by atoms with van der Waals surface area (Å²) >= 11 is 0. The Bertz CT molecular complexity index is 292. The minimum absolute atomic E-state index is 0.0807. The molecule has 0 aromatic heterocycles. The number of hydrogen-bond acceptors (Lipinski definition) is 3. The topological polar surface area (TPSA) is 92.4 Å². The lowest BCUT2D eigenvalue weighted by atomic mass is 9.93. The van der Waals surface area contributed by atoms with Crippen LogP contribution in [0, 0.1) is 17.8 Å². The van der Waals surface area contributed by atoms with Crippen LogP contribution in [0.15, 0.2) is 0 Å². The average Bonchev–Trinajstić information content (AvgIpc) is 2.33. The molecule has 3 atom stereocenters. The number of carboxylic acids is 1. The van der Waals surface area contributed by atoms with Gasteiger partial charge in [0.05, 0.1) is 0 Å². The SMILES string of the molecule is CCC(C)[C@H](NC(=O)CC(CN)CC(C)C)C(=O)O. The zero-order chi connectivity index (χ0) is 15.0. The van der Waals surface area contributed by atoms with Gasteiger partial charge in [-0.05, 0) is 30.7 Å². The molecule has 1 amide bonds. The Morgan fingerprint density at radius 2 is 1.84 bits per heavy atom. The summed E-state index contributed by atoms with van der Waals surface area (Å²) in [6.07, 6.45) is 1.89. The molecule has 0 aromatic carbocycles. The summed E-state index contributed by atoms with van der Waals surface area (Å²) in [7, 11) is 0. The quantitative estimate of drug-likeness (QED) is 0.594. The van der Waals surface area contributed by atoms with E-state index < -0.39 is 12.0 Å². The molecule has 0 saturated carbocycles. The summed E-state index contributed by atoms with van der Waals surface area (Å²) in [6, 6.07) is -0.810. The number of carbonyl (C=O) groups excluding carboxylic acids is 1. The van der Waals surface area contributed by atoms with Gasteiger partial charge in [-0.15, -0.1) is 0 Å². The van der Waals surface area contributed by atoms with Gasteiger partial charge in [-0.2, -0.15) is 0 Å². The van der Waals surface area contributed by atoms with Gasteiger partial charge in [-0.25, -0.2) is 4.79 Å². The molecule has 0 aromatic rings. The average molecular weight is 272 g/mol. The third-order valence-corrected chi connectivity index (χ3v) is 3.41. The zero-order valence-corrected chi connectivity index (χ0v) is 12.5. The molecule has 0 radical (unpaired) electrons. The second-order valence-corrected chi connectivity index (χ2v) is 5.70. The third kappa shape index (κ3) is 7.15. The van der Waals surface area contributed by atoms with Crippen LogP contribution in [-0.4, -0.2) is 29.6 Å². The minimum Gasteiger partial charge on any atom is -0.480 e. The van der Waals surface area contributed by atoms with E-state index in [0.717, 1.165) is 6.42 Å². The Morgan fingerprint density at radius 1 is 1.26 bits per heavy atom. The molecule has 0 rings (SSSR count). The first-order valence-electron chi connectivity index (χ1n) is 7.03. The molecular formula is C14H28N2O3. The number of carbonyl (C=O) groups is 2. The van der Waals surface area contributed by atoms with Crippen molar-refractivity contribution in [3.05, 3.63) is 0 Å². The van der Waals surface area contributed by atoms with Crippen molar-refractivity contribution in [3.8, 4) is 0 Å². The predicted molar refractivity (Wildman–Crippen MR) is 75.6 cm³/mol. The Labute approximate surface area is 115 Å². The second kappa shape index (κ2) is 8.91. The maximum absolute atomic E-state index is 11.9. The van der Waals surface area contributed by atoms with E-state index in [-0.39, 0.29) is 17.7 Å². The molecule has 112 valence electrons. The molecule has 0 bridgehead atoms. The molecule has 0 saturated heterocycles. The number of amides is 1. The van der Waals surface area contributed by atoms with Gasteiger partial charge in [0.25, 0.3) is 0 Å². The number of aliphatic carboxylic acids is 1. The van der Waals surface area contributed by atoms with Crippen LogP contribution >= 0.6 is 0 Å². The van der Waals surface area contributed by atoms with E-state index in [2.05, 4.69) is 19.2 Å². The Balaban J connectivity index is 4.44. The van der Waals surface area contributed by atoms with Gasteiger partial charge in [0.2, 0.25) is 5.91 Å². The van der Waals surface area contributed by atoms with Crippen LogP contribution in [-0.2, 0) is 9.59 Å². The first-order valence-corrected chi connectivity index (χ1v) is 7.03. The van der Waals surface area contributed by atoms with Gasteiger partial charge in [-0.1, -0.05) is 34.1 Å². The van der Waals surface area contributed by atoms with E-state index in [4.69, 9.17) is 10.8 Å². The highest BCUT2D eigenvalue weighted by Gasteiger charge is 2.26. The van der Waals surface area contributed by atoms with Gasteiger partial charge in [0, 0.05) is 6.42 Å². The summed E-state index contributed by atoms with van der Waals surface area (Å²) in [5.41, 5.74) is 5.65. The molecule has 2 unspecified atom stereocenters. The van der Waals surface area contributed by atoms with Crippen molar-refractivity contribution in [2.45, 2.75) is 53.0 Å². The highest BCUT2D eigenvalue weighted by Crippen LogP contribution is 2.15. The van der Waals surface area contributed by atoms with Crippen molar-refractivity contribution in [1.82, 2.24) is 5.32 Å². The largest absolute Gasteiger partial charge is 0.480 e. The van der Waals surface area contributed by atoms with Gasteiger partial charge in [-0.3, -0.25) is 4.79 Å². The van der Waals surface area contributed by atoms with E-state index in [1.165, 1.54) is 0 Å². The third-order valence-electron chi connectivity index (χ3n) is 3.41. The molecule has 4 N–H and O–H groups in total. The molecule has 0 heterocycles. The second-order valence-electron chi connectivity index (χ2n) is 5.70. The Hall–Kier alpha value is -1.10. The van der Waals surface area contributed by atoms with Crippen LogP contribution in [0.3, 0.4) is 0 Å².